The molecule has 1 fully saturated rings. The van der Waals surface area contributed by atoms with Gasteiger partial charge in [-0.3, -0.25) is 19.6 Å². The molecule has 0 aromatic heterocycles. The number of esters is 1. The number of methoxy groups -OCH3 is 1. The van der Waals surface area contributed by atoms with Gasteiger partial charge in [0, 0.05) is 6.21 Å². The number of amides is 1. The van der Waals surface area contributed by atoms with Gasteiger partial charge in [-0.1, -0.05) is 18.2 Å². The van der Waals surface area contributed by atoms with Gasteiger partial charge in [-0.05, 0) is 52.0 Å². The van der Waals surface area contributed by atoms with Gasteiger partial charge in [-0.15, -0.1) is 0 Å². The van der Waals surface area contributed by atoms with E-state index in [2.05, 4.69) is 21.0 Å². The van der Waals surface area contributed by atoms with Crippen LogP contribution in [0, 0.1) is 11.8 Å². The first-order chi connectivity index (χ1) is 16.7. The number of aliphatic imine (C=N–C) groups is 2. The van der Waals surface area contributed by atoms with Gasteiger partial charge >= 0.3 is 5.97 Å². The zero-order valence-electron chi connectivity index (χ0n) is 21.0. The van der Waals surface area contributed by atoms with E-state index in [0.717, 1.165) is 5.57 Å². The highest BCUT2D eigenvalue weighted by Gasteiger charge is 2.33. The van der Waals surface area contributed by atoms with Crippen LogP contribution in [-0.4, -0.2) is 61.9 Å². The molecule has 1 saturated carbocycles. The maximum Gasteiger partial charge on any atom is 0.308 e. The van der Waals surface area contributed by atoms with Crippen molar-refractivity contribution in [2.24, 2.45) is 33.3 Å². The molecular weight excluding hydrogens is 453 g/mol. The van der Waals surface area contributed by atoms with Crippen molar-refractivity contribution < 1.29 is 23.5 Å². The van der Waals surface area contributed by atoms with Crippen molar-refractivity contribution in [3.05, 3.63) is 29.3 Å². The van der Waals surface area contributed by atoms with Crippen LogP contribution in [0.4, 0.5) is 4.39 Å². The smallest absolute Gasteiger partial charge is 0.308 e. The molecule has 2 rings (SSSR count). The number of alkyl halides is 1. The molecule has 0 aromatic rings. The average molecular weight is 492 g/mol. The highest BCUT2D eigenvalue weighted by atomic mass is 19.1. The number of nitrogens with one attached hydrogen (secondary N) is 1. The molecule has 1 aliphatic carbocycles. The Kier molecular flexibility index (Phi) is 11.3. The number of carbonyl (C=O) groups is 2. The summed E-state index contributed by atoms with van der Waals surface area (Å²) in [6.07, 6.45) is 5.40. The third-order valence-corrected chi connectivity index (χ3v) is 5.94. The standard InChI is InChI=1S/C25H38FN5O4/c1-5-17(26)13-30-19(12-15(2)3)22(23(27)28)24(32)31-20-14-29-11-10-21(20)35-18-8-6-16(7-9-18)25(33)34-4/h11-12,14,16-18,20,22-23H,5-9,13,27-28H2,1-4H3,(H,31,32)/b30-19+/t16-,17?,18+,20?,22?. The summed E-state index contributed by atoms with van der Waals surface area (Å²) in [5.74, 6) is -1.38. The lowest BCUT2D eigenvalue weighted by Gasteiger charge is -2.30. The predicted molar refractivity (Wildman–Crippen MR) is 133 cm³/mol. The molecule has 10 heteroatoms. The van der Waals surface area contributed by atoms with Crippen LogP contribution < -0.4 is 16.8 Å². The first-order valence-corrected chi connectivity index (χ1v) is 12.0. The minimum Gasteiger partial charge on any atom is -0.484 e. The van der Waals surface area contributed by atoms with Crippen molar-refractivity contribution in [1.82, 2.24) is 5.32 Å². The number of allylic oxidation sites excluding steroid dienone is 2. The fraction of sp³-hybridized carbons (Fsp3) is 0.640. The zero-order chi connectivity index (χ0) is 26.0. The summed E-state index contributed by atoms with van der Waals surface area (Å²) >= 11 is 0. The summed E-state index contributed by atoms with van der Waals surface area (Å²) < 4.78 is 24.8. The number of hydrogen-bond donors (Lipinski definition) is 3. The summed E-state index contributed by atoms with van der Waals surface area (Å²) in [5, 5.41) is 2.86. The largest absolute Gasteiger partial charge is 0.484 e. The number of halogens is 1. The van der Waals surface area contributed by atoms with Crippen molar-refractivity contribution in [3.63, 3.8) is 0 Å². The van der Waals surface area contributed by atoms with Crippen LogP contribution in [-0.2, 0) is 19.1 Å². The first-order valence-electron chi connectivity index (χ1n) is 12.0. The van der Waals surface area contributed by atoms with E-state index in [1.807, 2.05) is 13.8 Å². The Balaban J connectivity index is 2.12. The lowest BCUT2D eigenvalue weighted by atomic mass is 9.87. The number of hydrogen-bond acceptors (Lipinski definition) is 8. The molecule has 0 radical (unpaired) electrons. The fourth-order valence-electron chi connectivity index (χ4n) is 3.97. The van der Waals surface area contributed by atoms with Crippen LogP contribution in [0.3, 0.4) is 0 Å². The summed E-state index contributed by atoms with van der Waals surface area (Å²) in [4.78, 5) is 33.5. The monoisotopic (exact) mass is 491 g/mol. The van der Waals surface area contributed by atoms with Gasteiger partial charge in [0.1, 0.15) is 18.1 Å². The van der Waals surface area contributed by atoms with Crippen LogP contribution in [0.1, 0.15) is 52.9 Å². The molecule has 3 unspecified atom stereocenters. The quantitative estimate of drug-likeness (QED) is 0.175. The normalized spacial score (nSPS) is 23.8. The van der Waals surface area contributed by atoms with E-state index < -0.39 is 30.2 Å². The second-order valence-electron chi connectivity index (χ2n) is 9.08. The van der Waals surface area contributed by atoms with Crippen LogP contribution in [0.5, 0.6) is 0 Å². The molecule has 194 valence electrons. The van der Waals surface area contributed by atoms with Crippen molar-refractivity contribution in [2.45, 2.75) is 77.4 Å². The van der Waals surface area contributed by atoms with E-state index in [9.17, 15) is 14.0 Å². The third kappa shape index (κ3) is 8.72. The Bertz CT molecular complexity index is 896. The SMILES string of the molecule is CCC(F)C/N=C(\C=C(C)C)C(C(=O)NC1C=NC=C=C1O[C@H]1CC[C@@H](C(=O)OC)CC1)C(N)N. The highest BCUT2D eigenvalue weighted by molar-refractivity contribution is 6.11. The Morgan fingerprint density at radius 2 is 2.00 bits per heavy atom. The predicted octanol–water partition coefficient (Wildman–Crippen LogP) is 2.32. The molecule has 1 aliphatic heterocycles. The molecule has 2 aliphatic rings. The molecule has 35 heavy (non-hydrogen) atoms. The maximum absolute atomic E-state index is 13.9. The average Bonchev–Trinajstić information content (AvgIpc) is 2.83. The van der Waals surface area contributed by atoms with E-state index >= 15 is 0 Å². The van der Waals surface area contributed by atoms with Gasteiger partial charge in [-0.2, -0.15) is 0 Å². The van der Waals surface area contributed by atoms with E-state index in [0.29, 0.717) is 43.6 Å². The van der Waals surface area contributed by atoms with Gasteiger partial charge in [0.05, 0.1) is 43.8 Å². The molecule has 5 N–H and O–H groups in total. The Labute approximate surface area is 206 Å². The number of carbonyl (C=O) groups excluding carboxylic acids is 2. The zero-order valence-corrected chi connectivity index (χ0v) is 21.0. The van der Waals surface area contributed by atoms with Crippen molar-refractivity contribution >= 4 is 23.8 Å². The van der Waals surface area contributed by atoms with E-state index in [-0.39, 0.29) is 24.5 Å². The number of nitrogens with zero attached hydrogens (tertiary/aromatic N) is 2. The summed E-state index contributed by atoms with van der Waals surface area (Å²) in [6, 6.07) is -0.676. The van der Waals surface area contributed by atoms with Crippen molar-refractivity contribution in [1.29, 1.82) is 0 Å². The summed E-state index contributed by atoms with van der Waals surface area (Å²) in [7, 11) is 1.39. The fourth-order valence-corrected chi connectivity index (χ4v) is 3.97. The van der Waals surface area contributed by atoms with Crippen molar-refractivity contribution in [2.75, 3.05) is 13.7 Å². The van der Waals surface area contributed by atoms with Gasteiger partial charge < -0.3 is 26.3 Å². The topological polar surface area (TPSA) is 141 Å². The Morgan fingerprint density at radius 1 is 1.31 bits per heavy atom. The Morgan fingerprint density at radius 3 is 2.57 bits per heavy atom. The molecule has 0 bridgehead atoms. The highest BCUT2D eigenvalue weighted by Crippen LogP contribution is 2.29. The Hall–Kier alpha value is -2.81. The number of nitrogens with two attached hydrogens (primary N) is 2. The van der Waals surface area contributed by atoms with Gasteiger partial charge in [0.15, 0.2) is 5.76 Å². The van der Waals surface area contributed by atoms with Gasteiger partial charge in [0.2, 0.25) is 5.91 Å². The molecule has 3 atom stereocenters. The molecule has 0 spiro atoms. The molecular formula is C25H38FN5O4. The van der Waals surface area contributed by atoms with Crippen LogP contribution in [0.15, 0.2) is 39.3 Å². The number of ether oxygens (including phenoxy) is 2. The first kappa shape index (κ1) is 28.4. The number of rotatable bonds is 11. The van der Waals surface area contributed by atoms with Gasteiger partial charge in [0.25, 0.3) is 0 Å². The second kappa shape index (κ2) is 13.9. The van der Waals surface area contributed by atoms with Crippen LogP contribution >= 0.6 is 0 Å². The molecule has 0 saturated heterocycles. The molecule has 1 amide bonds. The molecule has 9 nitrogen and oxygen atoms in total. The van der Waals surface area contributed by atoms with Gasteiger partial charge in [-0.25, -0.2) is 4.39 Å². The van der Waals surface area contributed by atoms with Crippen LogP contribution in [0.25, 0.3) is 0 Å². The van der Waals surface area contributed by atoms with Crippen LogP contribution in [0.2, 0.25) is 0 Å². The summed E-state index contributed by atoms with van der Waals surface area (Å²) in [5.41, 5.74) is 16.1. The molecule has 0 aromatic carbocycles. The van der Waals surface area contributed by atoms with E-state index in [4.69, 9.17) is 20.9 Å². The van der Waals surface area contributed by atoms with E-state index in [1.54, 1.807) is 13.0 Å². The summed E-state index contributed by atoms with van der Waals surface area (Å²) in [6.45, 7) is 5.34. The lowest BCUT2D eigenvalue weighted by molar-refractivity contribution is -0.147. The van der Waals surface area contributed by atoms with E-state index in [1.165, 1.54) is 19.5 Å². The third-order valence-electron chi connectivity index (χ3n) is 5.94. The molecule has 1 heterocycles. The maximum atomic E-state index is 13.9. The minimum absolute atomic E-state index is 0.0811. The minimum atomic E-state index is -1.12. The second-order valence-corrected chi connectivity index (χ2v) is 9.08. The lowest BCUT2D eigenvalue weighted by Crippen LogP contribution is -2.53. The van der Waals surface area contributed by atoms with Crippen molar-refractivity contribution in [3.8, 4) is 0 Å².